The lowest BCUT2D eigenvalue weighted by atomic mass is 9.78. The van der Waals surface area contributed by atoms with E-state index in [1.54, 1.807) is 0 Å². The first-order valence-electron chi connectivity index (χ1n) is 5.92. The Morgan fingerprint density at radius 3 is 2.60 bits per heavy atom. The van der Waals surface area contributed by atoms with E-state index in [2.05, 4.69) is 27.7 Å². The van der Waals surface area contributed by atoms with Crippen molar-refractivity contribution in [2.75, 3.05) is 6.61 Å². The van der Waals surface area contributed by atoms with Crippen LogP contribution in [0.15, 0.2) is 11.8 Å². The molecule has 15 heavy (non-hydrogen) atoms. The molecule has 0 aromatic carbocycles. The molecule has 2 heteroatoms. The predicted octanol–water partition coefficient (Wildman–Crippen LogP) is 3.11. The van der Waals surface area contributed by atoms with Crippen molar-refractivity contribution < 1.29 is 9.84 Å². The van der Waals surface area contributed by atoms with Gasteiger partial charge in [0.1, 0.15) is 11.9 Å². The van der Waals surface area contributed by atoms with Crippen LogP contribution in [0.3, 0.4) is 0 Å². The van der Waals surface area contributed by atoms with Crippen LogP contribution in [0.4, 0.5) is 0 Å². The van der Waals surface area contributed by atoms with Crippen molar-refractivity contribution in [3.63, 3.8) is 0 Å². The predicted molar refractivity (Wildman–Crippen MR) is 62.5 cm³/mol. The first-order valence-corrected chi connectivity index (χ1v) is 5.92. The van der Waals surface area contributed by atoms with Gasteiger partial charge in [-0.15, -0.1) is 0 Å². The van der Waals surface area contributed by atoms with Gasteiger partial charge in [-0.2, -0.15) is 0 Å². The van der Waals surface area contributed by atoms with Crippen molar-refractivity contribution in [3.05, 3.63) is 11.8 Å². The summed E-state index contributed by atoms with van der Waals surface area (Å²) >= 11 is 0. The average molecular weight is 212 g/mol. The van der Waals surface area contributed by atoms with Gasteiger partial charge in [-0.05, 0) is 36.7 Å². The molecule has 0 spiro atoms. The van der Waals surface area contributed by atoms with Crippen LogP contribution < -0.4 is 0 Å². The largest absolute Gasteiger partial charge is 0.496 e. The second-order valence-electron chi connectivity index (χ2n) is 5.62. The highest BCUT2D eigenvalue weighted by molar-refractivity contribution is 5.02. The molecule has 0 saturated heterocycles. The van der Waals surface area contributed by atoms with Gasteiger partial charge in [0.05, 0.1) is 6.61 Å². The SMILES string of the molecule is CC(CC(O)C1=CCCCO1)C(C)(C)C. The zero-order valence-electron chi connectivity index (χ0n) is 10.4. The molecule has 2 unspecified atom stereocenters. The molecule has 0 fully saturated rings. The van der Waals surface area contributed by atoms with Gasteiger partial charge in [-0.1, -0.05) is 27.7 Å². The lowest BCUT2D eigenvalue weighted by Gasteiger charge is -2.30. The zero-order chi connectivity index (χ0) is 11.5. The molecule has 2 atom stereocenters. The highest BCUT2D eigenvalue weighted by Crippen LogP contribution is 2.31. The molecule has 0 aromatic rings. The van der Waals surface area contributed by atoms with E-state index in [9.17, 15) is 5.11 Å². The van der Waals surface area contributed by atoms with Gasteiger partial charge in [-0.3, -0.25) is 0 Å². The Hall–Kier alpha value is -0.500. The molecule has 2 nitrogen and oxygen atoms in total. The third kappa shape index (κ3) is 3.86. The molecule has 0 amide bonds. The van der Waals surface area contributed by atoms with Crippen LogP contribution in [0.1, 0.15) is 47.0 Å². The number of allylic oxidation sites excluding steroid dienone is 1. The van der Waals surface area contributed by atoms with E-state index in [4.69, 9.17) is 4.74 Å². The van der Waals surface area contributed by atoms with Crippen LogP contribution in [0, 0.1) is 11.3 Å². The second kappa shape index (κ2) is 5.02. The average Bonchev–Trinajstić information content (AvgIpc) is 2.17. The fourth-order valence-electron chi connectivity index (χ4n) is 1.61. The monoisotopic (exact) mass is 212 g/mol. The minimum Gasteiger partial charge on any atom is -0.496 e. The maximum atomic E-state index is 10.0. The van der Waals surface area contributed by atoms with Crippen molar-refractivity contribution in [2.45, 2.75) is 53.1 Å². The van der Waals surface area contributed by atoms with Crippen molar-refractivity contribution in [2.24, 2.45) is 11.3 Å². The summed E-state index contributed by atoms with van der Waals surface area (Å²) in [6.45, 7) is 9.57. The first-order chi connectivity index (χ1) is 6.91. The van der Waals surface area contributed by atoms with Gasteiger partial charge in [0.2, 0.25) is 0 Å². The van der Waals surface area contributed by atoms with Gasteiger partial charge >= 0.3 is 0 Å². The minimum absolute atomic E-state index is 0.246. The molecule has 1 heterocycles. The number of hydrogen-bond donors (Lipinski definition) is 1. The van der Waals surface area contributed by atoms with E-state index in [0.717, 1.165) is 31.6 Å². The van der Waals surface area contributed by atoms with E-state index >= 15 is 0 Å². The van der Waals surface area contributed by atoms with Crippen LogP contribution in [0.25, 0.3) is 0 Å². The molecule has 0 saturated carbocycles. The van der Waals surface area contributed by atoms with Crippen LogP contribution in [-0.2, 0) is 4.74 Å². The molecule has 0 bridgehead atoms. The Kier molecular flexibility index (Phi) is 4.21. The zero-order valence-corrected chi connectivity index (χ0v) is 10.4. The van der Waals surface area contributed by atoms with E-state index in [0.29, 0.717) is 5.92 Å². The Bertz CT molecular complexity index is 225. The van der Waals surface area contributed by atoms with Gasteiger partial charge in [0.25, 0.3) is 0 Å². The quantitative estimate of drug-likeness (QED) is 0.779. The smallest absolute Gasteiger partial charge is 0.120 e. The lowest BCUT2D eigenvalue weighted by Crippen LogP contribution is -2.25. The number of hydrogen-bond acceptors (Lipinski definition) is 2. The first kappa shape index (κ1) is 12.6. The number of rotatable bonds is 3. The van der Waals surface area contributed by atoms with Crippen LogP contribution >= 0.6 is 0 Å². The minimum atomic E-state index is -0.417. The maximum absolute atomic E-state index is 10.0. The molecule has 0 aliphatic carbocycles. The summed E-state index contributed by atoms with van der Waals surface area (Å²) in [5.74, 6) is 1.27. The normalized spacial score (nSPS) is 21.5. The molecular weight excluding hydrogens is 188 g/mol. The summed E-state index contributed by atoms with van der Waals surface area (Å²) in [6.07, 6.45) is 4.51. The fourth-order valence-corrected chi connectivity index (χ4v) is 1.61. The Balaban J connectivity index is 2.47. The van der Waals surface area contributed by atoms with Crippen LogP contribution in [-0.4, -0.2) is 17.8 Å². The summed E-state index contributed by atoms with van der Waals surface area (Å²) in [7, 11) is 0. The van der Waals surface area contributed by atoms with Gasteiger partial charge in [0, 0.05) is 0 Å². The maximum Gasteiger partial charge on any atom is 0.120 e. The Morgan fingerprint density at radius 1 is 1.47 bits per heavy atom. The van der Waals surface area contributed by atoms with Gasteiger partial charge in [-0.25, -0.2) is 0 Å². The fraction of sp³-hybridized carbons (Fsp3) is 0.846. The van der Waals surface area contributed by atoms with Crippen LogP contribution in [0.2, 0.25) is 0 Å². The summed E-state index contributed by atoms with van der Waals surface area (Å²) < 4.78 is 5.46. The van der Waals surface area contributed by atoms with E-state index in [1.807, 2.05) is 6.08 Å². The number of aliphatic hydroxyl groups excluding tert-OH is 1. The molecule has 0 radical (unpaired) electrons. The Morgan fingerprint density at radius 2 is 2.13 bits per heavy atom. The molecule has 1 aliphatic heterocycles. The van der Waals surface area contributed by atoms with E-state index in [1.165, 1.54) is 0 Å². The highest BCUT2D eigenvalue weighted by atomic mass is 16.5. The Labute approximate surface area is 93.3 Å². The highest BCUT2D eigenvalue weighted by Gasteiger charge is 2.25. The summed E-state index contributed by atoms with van der Waals surface area (Å²) in [5.41, 5.74) is 0.246. The molecule has 88 valence electrons. The van der Waals surface area contributed by atoms with Gasteiger partial charge in [0.15, 0.2) is 0 Å². The number of aliphatic hydroxyl groups is 1. The number of ether oxygens (including phenoxy) is 1. The van der Waals surface area contributed by atoms with Gasteiger partial charge < -0.3 is 9.84 Å². The molecule has 0 aromatic heterocycles. The van der Waals surface area contributed by atoms with Crippen LogP contribution in [0.5, 0.6) is 0 Å². The third-order valence-electron chi connectivity index (χ3n) is 3.35. The summed E-state index contributed by atoms with van der Waals surface area (Å²) in [6, 6.07) is 0. The van der Waals surface area contributed by atoms with Crippen molar-refractivity contribution in [1.29, 1.82) is 0 Å². The molecule has 1 N–H and O–H groups in total. The van der Waals surface area contributed by atoms with Crippen molar-refractivity contribution >= 4 is 0 Å². The molecule has 1 aliphatic rings. The third-order valence-corrected chi connectivity index (χ3v) is 3.35. The summed E-state index contributed by atoms with van der Waals surface area (Å²) in [5, 5.41) is 10.0. The van der Waals surface area contributed by atoms with E-state index in [-0.39, 0.29) is 5.41 Å². The summed E-state index contributed by atoms with van der Waals surface area (Å²) in [4.78, 5) is 0. The van der Waals surface area contributed by atoms with Crippen molar-refractivity contribution in [3.8, 4) is 0 Å². The van der Waals surface area contributed by atoms with E-state index < -0.39 is 6.10 Å². The molecule has 1 rings (SSSR count). The topological polar surface area (TPSA) is 29.5 Å². The second-order valence-corrected chi connectivity index (χ2v) is 5.62. The standard InChI is InChI=1S/C13H24O2/c1-10(13(2,3)4)9-11(14)12-7-5-6-8-15-12/h7,10-11,14H,5-6,8-9H2,1-4H3. The van der Waals surface area contributed by atoms with Crippen molar-refractivity contribution in [1.82, 2.24) is 0 Å². The molecular formula is C13H24O2. The lowest BCUT2D eigenvalue weighted by molar-refractivity contribution is 0.0629.